The lowest BCUT2D eigenvalue weighted by molar-refractivity contribution is 0.0981. The Kier molecular flexibility index (Phi) is 10.4. The number of halogens is 1. The number of para-hydroxylation sites is 1. The molecule has 236 valence electrons. The van der Waals surface area contributed by atoms with Gasteiger partial charge in [-0.15, -0.1) is 0 Å². The number of ether oxygens (including phenoxy) is 1. The summed E-state index contributed by atoms with van der Waals surface area (Å²) in [6.07, 6.45) is 6.45. The maximum atomic E-state index is 6.52. The first kappa shape index (κ1) is 31.3. The van der Waals surface area contributed by atoms with Gasteiger partial charge in [0.05, 0.1) is 29.5 Å². The predicted octanol–water partition coefficient (Wildman–Crippen LogP) is 5.85. The van der Waals surface area contributed by atoms with Crippen molar-refractivity contribution in [2.45, 2.75) is 31.7 Å². The number of piperazine rings is 1. The number of likely N-dealkylation sites (N-methyl/N-ethyl adjacent to an activating group) is 1. The van der Waals surface area contributed by atoms with Crippen LogP contribution in [0.5, 0.6) is 5.75 Å². The summed E-state index contributed by atoms with van der Waals surface area (Å²) in [5.74, 6) is 2.50. The summed E-state index contributed by atoms with van der Waals surface area (Å²) in [4.78, 5) is 16.8. The van der Waals surface area contributed by atoms with Crippen LogP contribution >= 0.6 is 20.0 Å². The first-order valence-electron chi connectivity index (χ1n) is 15.5. The van der Waals surface area contributed by atoms with Gasteiger partial charge >= 0.3 is 0 Å². The smallest absolute Gasteiger partial charge is 0.229 e. The second kappa shape index (κ2) is 14.6. The summed E-state index contributed by atoms with van der Waals surface area (Å²) in [6.45, 7) is 7.51. The minimum Gasteiger partial charge on any atom is -0.491 e. The van der Waals surface area contributed by atoms with Crippen LogP contribution in [0.15, 0.2) is 48.7 Å². The van der Waals surface area contributed by atoms with Crippen LogP contribution in [0.4, 0.5) is 28.8 Å². The average molecular weight is 640 g/mol. The van der Waals surface area contributed by atoms with Crippen molar-refractivity contribution in [3.63, 3.8) is 0 Å². The van der Waals surface area contributed by atoms with Gasteiger partial charge in [0.2, 0.25) is 14.3 Å². The van der Waals surface area contributed by atoms with Crippen LogP contribution in [0.1, 0.15) is 25.7 Å². The third-order valence-electron chi connectivity index (χ3n) is 8.68. The number of hydrogen-bond donors (Lipinski definition) is 2. The van der Waals surface area contributed by atoms with Gasteiger partial charge in [-0.2, -0.15) is 4.98 Å². The molecular weight excluding hydrogens is 597 g/mol. The Labute approximate surface area is 267 Å². The van der Waals surface area contributed by atoms with Crippen LogP contribution in [0, 0.1) is 5.92 Å². The molecule has 10 nitrogen and oxygen atoms in total. The quantitative estimate of drug-likeness (QED) is 0.235. The minimum absolute atomic E-state index is 0.410. The molecule has 2 N–H and O–H groups in total. The lowest BCUT2D eigenvalue weighted by Crippen LogP contribution is -2.52. The van der Waals surface area contributed by atoms with Gasteiger partial charge < -0.3 is 34.2 Å². The van der Waals surface area contributed by atoms with E-state index in [1.807, 2.05) is 24.3 Å². The minimum atomic E-state index is -1.24. The number of rotatable bonds is 12. The highest BCUT2D eigenvalue weighted by molar-refractivity contribution is 7.56. The van der Waals surface area contributed by atoms with Crippen molar-refractivity contribution in [1.82, 2.24) is 19.8 Å². The lowest BCUT2D eigenvalue weighted by atomic mass is 10.0. The third kappa shape index (κ3) is 7.73. The molecule has 0 amide bonds. The SMILES string of the molecule is COP(OC)c1ccccc1Nc1nc(Nc2ccc(N3CCC(N4CCN(C)CC4)CC3)c(OCC3CC3)c2)ncc1Cl. The summed E-state index contributed by atoms with van der Waals surface area (Å²) in [5, 5.41) is 8.02. The van der Waals surface area contributed by atoms with Gasteiger partial charge in [0.25, 0.3) is 0 Å². The molecule has 3 heterocycles. The lowest BCUT2D eigenvalue weighted by Gasteiger charge is -2.42. The molecule has 2 aliphatic heterocycles. The van der Waals surface area contributed by atoms with Crippen LogP contribution < -0.4 is 25.6 Å². The molecule has 1 saturated carbocycles. The molecule has 1 aromatic heterocycles. The third-order valence-corrected chi connectivity index (χ3v) is 10.4. The Morgan fingerprint density at radius 1 is 0.932 bits per heavy atom. The van der Waals surface area contributed by atoms with Crippen molar-refractivity contribution in [2.75, 3.05) is 82.7 Å². The zero-order chi connectivity index (χ0) is 30.5. The van der Waals surface area contributed by atoms with Crippen LogP contribution in [0.2, 0.25) is 5.02 Å². The van der Waals surface area contributed by atoms with E-state index in [0.29, 0.717) is 28.7 Å². The molecule has 0 bridgehead atoms. The molecule has 1 aliphatic carbocycles. The van der Waals surface area contributed by atoms with E-state index in [-0.39, 0.29) is 0 Å². The second-order valence-corrected chi connectivity index (χ2v) is 13.9. The Hall–Kier alpha value is -2.72. The molecule has 0 atom stereocenters. The van der Waals surface area contributed by atoms with Crippen molar-refractivity contribution < 1.29 is 13.8 Å². The average Bonchev–Trinajstić information content (AvgIpc) is 3.88. The Morgan fingerprint density at radius 3 is 2.41 bits per heavy atom. The van der Waals surface area contributed by atoms with E-state index in [1.54, 1.807) is 20.4 Å². The molecule has 2 saturated heterocycles. The van der Waals surface area contributed by atoms with Gasteiger partial charge in [-0.3, -0.25) is 4.90 Å². The number of benzene rings is 2. The van der Waals surface area contributed by atoms with Crippen molar-refractivity contribution in [3.8, 4) is 5.75 Å². The van der Waals surface area contributed by atoms with Gasteiger partial charge in [-0.1, -0.05) is 23.7 Å². The molecule has 3 aromatic rings. The van der Waals surface area contributed by atoms with E-state index in [0.717, 1.165) is 47.8 Å². The number of aromatic nitrogens is 2. The summed E-state index contributed by atoms with van der Waals surface area (Å²) >= 11 is 6.52. The van der Waals surface area contributed by atoms with E-state index in [9.17, 15) is 0 Å². The number of hydrogen-bond acceptors (Lipinski definition) is 10. The maximum Gasteiger partial charge on any atom is 0.229 e. The maximum absolute atomic E-state index is 6.52. The first-order chi connectivity index (χ1) is 21.5. The fourth-order valence-electron chi connectivity index (χ4n) is 5.90. The molecule has 0 spiro atoms. The molecule has 6 rings (SSSR count). The molecule has 12 heteroatoms. The van der Waals surface area contributed by atoms with Crippen molar-refractivity contribution >= 4 is 54.1 Å². The summed E-state index contributed by atoms with van der Waals surface area (Å²) < 4.78 is 17.5. The molecule has 3 aliphatic rings. The predicted molar refractivity (Wildman–Crippen MR) is 180 cm³/mol. The Morgan fingerprint density at radius 2 is 1.68 bits per heavy atom. The van der Waals surface area contributed by atoms with Gasteiger partial charge in [-0.05, 0) is 62.9 Å². The van der Waals surface area contributed by atoms with Crippen LogP contribution in [0.25, 0.3) is 0 Å². The van der Waals surface area contributed by atoms with Gasteiger partial charge in [0.15, 0.2) is 5.82 Å². The van der Waals surface area contributed by atoms with E-state index in [1.165, 1.54) is 51.9 Å². The number of anilines is 5. The number of piperidine rings is 1. The zero-order valence-corrected chi connectivity index (χ0v) is 27.5. The molecular formula is C32H43ClN7O3P. The van der Waals surface area contributed by atoms with Crippen LogP contribution in [0.3, 0.4) is 0 Å². The fourth-order valence-corrected chi connectivity index (χ4v) is 7.12. The highest BCUT2D eigenvalue weighted by Crippen LogP contribution is 2.39. The number of nitrogens with zero attached hydrogens (tertiary/aromatic N) is 5. The highest BCUT2D eigenvalue weighted by Gasteiger charge is 2.29. The molecule has 0 unspecified atom stereocenters. The zero-order valence-electron chi connectivity index (χ0n) is 25.8. The van der Waals surface area contributed by atoms with E-state index in [2.05, 4.69) is 55.6 Å². The van der Waals surface area contributed by atoms with Crippen molar-refractivity contribution in [1.29, 1.82) is 0 Å². The molecule has 3 fully saturated rings. The topological polar surface area (TPSA) is 87.3 Å². The van der Waals surface area contributed by atoms with Crippen LogP contribution in [-0.4, -0.2) is 93.0 Å². The summed E-state index contributed by atoms with van der Waals surface area (Å²) in [5.41, 5.74) is 2.84. The van der Waals surface area contributed by atoms with Crippen molar-refractivity contribution in [2.24, 2.45) is 5.92 Å². The highest BCUT2D eigenvalue weighted by atomic mass is 35.5. The standard InChI is InChI=1S/C32H43ClN7O3P/c1-38-16-18-39(19-17-38)25-12-14-40(15-13-25)28-11-10-24(20-29(28)43-22-23-8-9-23)35-32-34-21-26(33)31(37-32)36-27-6-4-5-7-30(27)44(41-2)42-3/h4-7,10-11,20-21,23,25H,8-9,12-19,22H2,1-3H3,(H2,34,35,36,37). The van der Waals surface area contributed by atoms with Crippen molar-refractivity contribution in [3.05, 3.63) is 53.7 Å². The van der Waals surface area contributed by atoms with Gasteiger partial charge in [0, 0.05) is 71.3 Å². The van der Waals surface area contributed by atoms with E-state index in [4.69, 9.17) is 30.4 Å². The van der Waals surface area contributed by atoms with E-state index >= 15 is 0 Å². The molecule has 44 heavy (non-hydrogen) atoms. The van der Waals surface area contributed by atoms with Gasteiger partial charge in [0.1, 0.15) is 10.8 Å². The Balaban J connectivity index is 1.16. The fraction of sp³-hybridized carbons (Fsp3) is 0.500. The normalized spacial score (nSPS) is 18.5. The monoisotopic (exact) mass is 639 g/mol. The molecule has 2 aromatic carbocycles. The van der Waals surface area contributed by atoms with Crippen LogP contribution in [-0.2, 0) is 9.05 Å². The largest absolute Gasteiger partial charge is 0.491 e. The summed E-state index contributed by atoms with van der Waals surface area (Å²) in [7, 11) is 4.25. The summed E-state index contributed by atoms with van der Waals surface area (Å²) in [6, 6.07) is 14.8. The second-order valence-electron chi connectivity index (χ2n) is 11.8. The van der Waals surface area contributed by atoms with E-state index < -0.39 is 8.38 Å². The Bertz CT molecular complexity index is 1390. The number of nitrogens with one attached hydrogen (secondary N) is 2. The first-order valence-corrected chi connectivity index (χ1v) is 17.0. The van der Waals surface area contributed by atoms with Gasteiger partial charge in [-0.25, -0.2) is 4.98 Å². The molecule has 0 radical (unpaired) electrons.